The molecule has 0 radical (unpaired) electrons. The van der Waals surface area contributed by atoms with Crippen molar-refractivity contribution in [1.82, 2.24) is 5.32 Å². The van der Waals surface area contributed by atoms with Gasteiger partial charge in [0.2, 0.25) is 11.5 Å². The molecule has 0 unspecified atom stereocenters. The summed E-state index contributed by atoms with van der Waals surface area (Å²) in [4.78, 5) is 10.7. The van der Waals surface area contributed by atoms with Crippen LogP contribution in [0.25, 0.3) is 0 Å². The molecule has 74 valence electrons. The van der Waals surface area contributed by atoms with Gasteiger partial charge in [-0.25, -0.2) is 0 Å². The fourth-order valence-electron chi connectivity index (χ4n) is 0.847. The fourth-order valence-corrected chi connectivity index (χ4v) is 0.847. The Bertz CT molecular complexity index is 340. The zero-order valence-electron chi connectivity index (χ0n) is 8.56. The van der Waals surface area contributed by atoms with Crippen molar-refractivity contribution in [2.45, 2.75) is 26.4 Å². The number of hydrogen-bond donors (Lipinski definition) is 2. The van der Waals surface area contributed by atoms with Crippen LogP contribution in [0.4, 0.5) is 0 Å². The molecule has 0 aliphatic rings. The Morgan fingerprint density at radius 1 is 1.36 bits per heavy atom. The molecule has 0 rings (SSSR count). The highest BCUT2D eigenvalue weighted by molar-refractivity contribution is 5.75. The minimum Gasteiger partial charge on any atom is -0.362 e. The maximum Gasteiger partial charge on any atom is 0.228 e. The molecule has 0 bridgehead atoms. The van der Waals surface area contributed by atoms with Crippen LogP contribution >= 0.6 is 0 Å². The first-order valence-corrected chi connectivity index (χ1v) is 4.03. The number of rotatable bonds is 2. The van der Waals surface area contributed by atoms with Gasteiger partial charge in [0.25, 0.3) is 0 Å². The normalized spacial score (nSPS) is 8.86. The van der Waals surface area contributed by atoms with Gasteiger partial charge in [-0.15, -0.1) is 11.8 Å². The van der Waals surface area contributed by atoms with Crippen molar-refractivity contribution >= 4 is 5.91 Å². The average Bonchev–Trinajstić information content (AvgIpc) is 2.03. The number of nitrogens with one attached hydrogen (secondary N) is 1. The van der Waals surface area contributed by atoms with E-state index in [2.05, 4.69) is 35.6 Å². The zero-order chi connectivity index (χ0) is 11.2. The monoisotopic (exact) mass is 191 g/mol. The summed E-state index contributed by atoms with van der Waals surface area (Å²) in [5.41, 5.74) is -1.58. The maximum absolute atomic E-state index is 10.7. The van der Waals surface area contributed by atoms with Crippen molar-refractivity contribution in [3.05, 3.63) is 12.3 Å². The SMILES string of the molecule is C=C(NC(C)=O)C(O)(C#CC)C#CC. The molecule has 0 saturated carbocycles. The first kappa shape index (κ1) is 12.3. The van der Waals surface area contributed by atoms with Crippen LogP contribution in [0.2, 0.25) is 0 Å². The molecule has 3 heteroatoms. The average molecular weight is 191 g/mol. The second kappa shape index (κ2) is 5.11. The molecule has 0 fully saturated rings. The van der Waals surface area contributed by atoms with Crippen molar-refractivity contribution in [3.63, 3.8) is 0 Å². The Balaban J connectivity index is 4.95. The van der Waals surface area contributed by atoms with Crippen molar-refractivity contribution in [1.29, 1.82) is 0 Å². The minimum atomic E-state index is -1.66. The topological polar surface area (TPSA) is 49.3 Å². The van der Waals surface area contributed by atoms with Crippen LogP contribution in [-0.2, 0) is 4.79 Å². The lowest BCUT2D eigenvalue weighted by Gasteiger charge is -2.18. The van der Waals surface area contributed by atoms with Gasteiger partial charge in [-0.05, 0) is 25.7 Å². The number of hydrogen-bond acceptors (Lipinski definition) is 2. The summed E-state index contributed by atoms with van der Waals surface area (Å²) in [6, 6.07) is 0. The molecular weight excluding hydrogens is 178 g/mol. The van der Waals surface area contributed by atoms with Gasteiger partial charge in [-0.1, -0.05) is 6.58 Å². The molecule has 0 aromatic heterocycles. The molecule has 0 aromatic rings. The number of amides is 1. The van der Waals surface area contributed by atoms with Gasteiger partial charge in [-0.3, -0.25) is 4.79 Å². The van der Waals surface area contributed by atoms with Crippen LogP contribution in [0.3, 0.4) is 0 Å². The van der Waals surface area contributed by atoms with Crippen LogP contribution in [0.15, 0.2) is 12.3 Å². The van der Waals surface area contributed by atoms with E-state index in [1.807, 2.05) is 0 Å². The van der Waals surface area contributed by atoms with E-state index in [1.165, 1.54) is 6.92 Å². The zero-order valence-corrected chi connectivity index (χ0v) is 8.56. The van der Waals surface area contributed by atoms with Gasteiger partial charge in [0.15, 0.2) is 0 Å². The third-order valence-electron chi connectivity index (χ3n) is 1.38. The van der Waals surface area contributed by atoms with Gasteiger partial charge in [0.05, 0.1) is 5.70 Å². The van der Waals surface area contributed by atoms with E-state index < -0.39 is 5.60 Å². The van der Waals surface area contributed by atoms with E-state index in [0.717, 1.165) is 0 Å². The Kier molecular flexibility index (Phi) is 4.49. The summed E-state index contributed by atoms with van der Waals surface area (Å²) in [6.45, 7) is 7.99. The van der Waals surface area contributed by atoms with Crippen LogP contribution in [0.5, 0.6) is 0 Å². The standard InChI is InChI=1S/C11H13NO2/c1-5-7-11(14,8-6-2)9(3)12-10(4)13/h14H,3H2,1-2,4H3,(H,12,13). The van der Waals surface area contributed by atoms with E-state index in [-0.39, 0.29) is 11.6 Å². The molecular formula is C11H13NO2. The van der Waals surface area contributed by atoms with Gasteiger partial charge in [0, 0.05) is 6.92 Å². The molecule has 3 nitrogen and oxygen atoms in total. The van der Waals surface area contributed by atoms with Crippen LogP contribution in [0.1, 0.15) is 20.8 Å². The van der Waals surface area contributed by atoms with E-state index in [4.69, 9.17) is 0 Å². The van der Waals surface area contributed by atoms with Gasteiger partial charge >= 0.3 is 0 Å². The van der Waals surface area contributed by atoms with Gasteiger partial charge in [-0.2, -0.15) is 0 Å². The minimum absolute atomic E-state index is 0.0775. The van der Waals surface area contributed by atoms with Crippen LogP contribution in [-0.4, -0.2) is 16.6 Å². The molecule has 0 heterocycles. The largest absolute Gasteiger partial charge is 0.362 e. The highest BCUT2D eigenvalue weighted by atomic mass is 16.3. The van der Waals surface area contributed by atoms with E-state index in [9.17, 15) is 9.90 Å². The fraction of sp³-hybridized carbons (Fsp3) is 0.364. The lowest BCUT2D eigenvalue weighted by molar-refractivity contribution is -0.118. The molecule has 0 spiro atoms. The van der Waals surface area contributed by atoms with Gasteiger partial charge < -0.3 is 10.4 Å². The third-order valence-corrected chi connectivity index (χ3v) is 1.38. The number of carbonyl (C=O) groups is 1. The highest BCUT2D eigenvalue weighted by Crippen LogP contribution is 2.10. The molecule has 0 aliphatic carbocycles. The second-order valence-corrected chi connectivity index (χ2v) is 2.62. The first-order valence-electron chi connectivity index (χ1n) is 4.03. The van der Waals surface area contributed by atoms with Gasteiger partial charge in [0.1, 0.15) is 0 Å². The summed E-state index contributed by atoms with van der Waals surface area (Å²) < 4.78 is 0. The molecule has 0 aliphatic heterocycles. The van der Waals surface area contributed by atoms with Crippen molar-refractivity contribution in [3.8, 4) is 23.7 Å². The number of aliphatic hydroxyl groups is 1. The van der Waals surface area contributed by atoms with Crippen molar-refractivity contribution < 1.29 is 9.90 Å². The lowest BCUT2D eigenvalue weighted by Crippen LogP contribution is -2.37. The molecule has 0 saturated heterocycles. The first-order chi connectivity index (χ1) is 6.46. The molecule has 0 atom stereocenters. The quantitative estimate of drug-likeness (QED) is 0.621. The van der Waals surface area contributed by atoms with Crippen LogP contribution < -0.4 is 5.32 Å². The Labute approximate surface area is 84.2 Å². The molecule has 0 aromatic carbocycles. The predicted molar refractivity (Wildman–Crippen MR) is 54.8 cm³/mol. The maximum atomic E-state index is 10.7. The summed E-state index contributed by atoms with van der Waals surface area (Å²) in [6.07, 6.45) is 0. The summed E-state index contributed by atoms with van der Waals surface area (Å²) >= 11 is 0. The summed E-state index contributed by atoms with van der Waals surface area (Å²) in [5.74, 6) is 9.72. The van der Waals surface area contributed by atoms with Crippen molar-refractivity contribution in [2.24, 2.45) is 0 Å². The molecule has 14 heavy (non-hydrogen) atoms. The second-order valence-electron chi connectivity index (χ2n) is 2.62. The Morgan fingerprint density at radius 2 is 1.79 bits per heavy atom. The summed E-state index contributed by atoms with van der Waals surface area (Å²) in [5, 5.41) is 12.2. The highest BCUT2D eigenvalue weighted by Gasteiger charge is 2.26. The number of carbonyl (C=O) groups excluding carboxylic acids is 1. The van der Waals surface area contributed by atoms with Crippen LogP contribution in [0, 0.1) is 23.7 Å². The van der Waals surface area contributed by atoms with Crippen molar-refractivity contribution in [2.75, 3.05) is 0 Å². The Hall–Kier alpha value is -1.71. The third kappa shape index (κ3) is 3.35. The molecule has 1 amide bonds. The summed E-state index contributed by atoms with van der Waals surface area (Å²) in [7, 11) is 0. The van der Waals surface area contributed by atoms with E-state index >= 15 is 0 Å². The van der Waals surface area contributed by atoms with E-state index in [1.54, 1.807) is 13.8 Å². The lowest BCUT2D eigenvalue weighted by atomic mass is 10.0. The van der Waals surface area contributed by atoms with E-state index in [0.29, 0.717) is 0 Å². The molecule has 2 N–H and O–H groups in total. The predicted octanol–water partition coefficient (Wildman–Crippen LogP) is 0.414. The Morgan fingerprint density at radius 3 is 2.07 bits per heavy atom. The smallest absolute Gasteiger partial charge is 0.228 e.